The van der Waals surface area contributed by atoms with Crippen LogP contribution in [0, 0.1) is 17.6 Å². The van der Waals surface area contributed by atoms with Crippen LogP contribution in [0.25, 0.3) is 0 Å². The Morgan fingerprint density at radius 2 is 1.92 bits per heavy atom. The Balaban J connectivity index is 1.91. The molecule has 144 valence electrons. The fourth-order valence-electron chi connectivity index (χ4n) is 3.79. The van der Waals surface area contributed by atoms with E-state index in [1.165, 1.54) is 0 Å². The van der Waals surface area contributed by atoms with E-state index in [4.69, 9.17) is 4.74 Å². The third kappa shape index (κ3) is 3.71. The van der Waals surface area contributed by atoms with Crippen molar-refractivity contribution in [3.05, 3.63) is 35.4 Å². The van der Waals surface area contributed by atoms with Gasteiger partial charge in [0.05, 0.1) is 0 Å². The second kappa shape index (κ2) is 7.15. The number of nitrogens with one attached hydrogen (secondary N) is 1. The van der Waals surface area contributed by atoms with Gasteiger partial charge in [0.1, 0.15) is 17.7 Å². The van der Waals surface area contributed by atoms with Gasteiger partial charge >= 0.3 is 5.97 Å². The first-order chi connectivity index (χ1) is 12.2. The average Bonchev–Trinajstić information content (AvgIpc) is 2.93. The number of halogens is 4. The molecule has 1 aromatic carbocycles. The summed E-state index contributed by atoms with van der Waals surface area (Å²) in [5, 5.41) is 14.3. The summed E-state index contributed by atoms with van der Waals surface area (Å²) in [4.78, 5) is 12.8. The molecule has 1 heterocycles. The summed E-state index contributed by atoms with van der Waals surface area (Å²) in [6.07, 6.45) is -1.34. The van der Waals surface area contributed by atoms with Crippen molar-refractivity contribution >= 4 is 5.97 Å². The van der Waals surface area contributed by atoms with Gasteiger partial charge in [-0.1, -0.05) is 0 Å². The van der Waals surface area contributed by atoms with Crippen LogP contribution in [0.1, 0.15) is 37.7 Å². The van der Waals surface area contributed by atoms with Crippen LogP contribution in [0.15, 0.2) is 18.2 Å². The Morgan fingerprint density at radius 1 is 1.23 bits per heavy atom. The van der Waals surface area contributed by atoms with Crippen molar-refractivity contribution in [3.63, 3.8) is 0 Å². The van der Waals surface area contributed by atoms with Crippen LogP contribution in [0.2, 0.25) is 0 Å². The largest absolute Gasteiger partial charge is 0.460 e. The van der Waals surface area contributed by atoms with E-state index in [-0.39, 0.29) is 12.0 Å². The molecular formula is C18H21F4NO3. The zero-order chi connectivity index (χ0) is 18.9. The molecule has 2 atom stereocenters. The SMILES string of the molecule is O=C(OC1CCC(F)(F)C1)C(O)(c1ccc(F)cc1F)C1CCNCC1. The maximum absolute atomic E-state index is 14.4. The number of hydrogen-bond donors (Lipinski definition) is 2. The van der Waals surface area contributed by atoms with E-state index < -0.39 is 54.0 Å². The second-order valence-corrected chi connectivity index (χ2v) is 7.04. The number of carbonyl (C=O) groups is 1. The van der Waals surface area contributed by atoms with Gasteiger partial charge in [0.2, 0.25) is 0 Å². The second-order valence-electron chi connectivity index (χ2n) is 7.04. The molecule has 1 aliphatic heterocycles. The molecule has 2 fully saturated rings. The Labute approximate surface area is 148 Å². The van der Waals surface area contributed by atoms with E-state index in [0.29, 0.717) is 32.0 Å². The van der Waals surface area contributed by atoms with Gasteiger partial charge in [-0.05, 0) is 44.5 Å². The smallest absolute Gasteiger partial charge is 0.343 e. The molecule has 0 radical (unpaired) electrons. The summed E-state index contributed by atoms with van der Waals surface area (Å²) in [6.45, 7) is 1.01. The molecule has 0 aromatic heterocycles. The van der Waals surface area contributed by atoms with Crippen molar-refractivity contribution in [3.8, 4) is 0 Å². The van der Waals surface area contributed by atoms with Gasteiger partial charge in [-0.25, -0.2) is 22.4 Å². The Kier molecular flexibility index (Phi) is 5.25. The Morgan fingerprint density at radius 3 is 2.50 bits per heavy atom. The normalized spacial score (nSPS) is 25.7. The fourth-order valence-corrected chi connectivity index (χ4v) is 3.79. The number of hydrogen-bond acceptors (Lipinski definition) is 4. The predicted molar refractivity (Wildman–Crippen MR) is 84.5 cm³/mol. The molecule has 0 amide bonds. The number of ether oxygens (including phenoxy) is 1. The van der Waals surface area contributed by atoms with Crippen molar-refractivity contribution in [2.24, 2.45) is 5.92 Å². The molecular weight excluding hydrogens is 354 g/mol. The third-order valence-electron chi connectivity index (χ3n) is 5.22. The molecule has 8 heteroatoms. The summed E-state index contributed by atoms with van der Waals surface area (Å²) in [7, 11) is 0. The molecule has 1 aliphatic carbocycles. The maximum Gasteiger partial charge on any atom is 0.343 e. The molecule has 1 aromatic rings. The first-order valence-corrected chi connectivity index (χ1v) is 8.70. The van der Waals surface area contributed by atoms with Gasteiger partial charge in [0.15, 0.2) is 5.60 Å². The molecule has 4 nitrogen and oxygen atoms in total. The lowest BCUT2D eigenvalue weighted by molar-refractivity contribution is -0.182. The van der Waals surface area contributed by atoms with Gasteiger partial charge in [-0.2, -0.15) is 0 Å². The molecule has 2 unspecified atom stereocenters. The van der Waals surface area contributed by atoms with Crippen molar-refractivity contribution in [1.29, 1.82) is 0 Å². The van der Waals surface area contributed by atoms with Crippen molar-refractivity contribution in [1.82, 2.24) is 5.32 Å². The highest BCUT2D eigenvalue weighted by Gasteiger charge is 2.51. The van der Waals surface area contributed by atoms with Crippen LogP contribution in [0.3, 0.4) is 0 Å². The molecule has 26 heavy (non-hydrogen) atoms. The van der Waals surface area contributed by atoms with Crippen LogP contribution in [-0.4, -0.2) is 36.2 Å². The first kappa shape index (κ1) is 19.1. The van der Waals surface area contributed by atoms with E-state index in [1.54, 1.807) is 0 Å². The average molecular weight is 375 g/mol. The van der Waals surface area contributed by atoms with E-state index >= 15 is 0 Å². The first-order valence-electron chi connectivity index (χ1n) is 8.70. The summed E-state index contributed by atoms with van der Waals surface area (Å²) in [6, 6.07) is 2.54. The molecule has 2 aliphatic rings. The summed E-state index contributed by atoms with van der Waals surface area (Å²) < 4.78 is 59.5. The van der Waals surface area contributed by atoms with E-state index in [9.17, 15) is 27.5 Å². The summed E-state index contributed by atoms with van der Waals surface area (Å²) >= 11 is 0. The molecule has 0 spiro atoms. The Hall–Kier alpha value is -1.67. The monoisotopic (exact) mass is 375 g/mol. The lowest BCUT2D eigenvalue weighted by atomic mass is 9.76. The number of carbonyl (C=O) groups excluding carboxylic acids is 1. The lowest BCUT2D eigenvalue weighted by Gasteiger charge is -2.37. The van der Waals surface area contributed by atoms with Crippen molar-refractivity contribution < 1.29 is 32.2 Å². The van der Waals surface area contributed by atoms with Gasteiger partial charge in [-0.3, -0.25) is 0 Å². The van der Waals surface area contributed by atoms with Crippen LogP contribution in [-0.2, 0) is 15.1 Å². The number of piperidine rings is 1. The molecule has 1 saturated heterocycles. The van der Waals surface area contributed by atoms with Crippen LogP contribution in [0.4, 0.5) is 17.6 Å². The predicted octanol–water partition coefficient (Wildman–Crippen LogP) is 2.88. The molecule has 0 bridgehead atoms. The van der Waals surface area contributed by atoms with Crippen LogP contribution < -0.4 is 5.32 Å². The van der Waals surface area contributed by atoms with E-state index in [0.717, 1.165) is 12.1 Å². The van der Waals surface area contributed by atoms with Gasteiger partial charge < -0.3 is 15.2 Å². The minimum atomic E-state index is -2.92. The number of alkyl halides is 2. The van der Waals surface area contributed by atoms with Crippen LogP contribution in [0.5, 0.6) is 0 Å². The zero-order valence-electron chi connectivity index (χ0n) is 14.1. The number of esters is 1. The maximum atomic E-state index is 14.4. The molecule has 3 rings (SSSR count). The van der Waals surface area contributed by atoms with Gasteiger partial charge in [0.25, 0.3) is 5.92 Å². The lowest BCUT2D eigenvalue weighted by Crippen LogP contribution is -2.49. The fraction of sp³-hybridized carbons (Fsp3) is 0.611. The van der Waals surface area contributed by atoms with Crippen LogP contribution >= 0.6 is 0 Å². The van der Waals surface area contributed by atoms with E-state index in [1.807, 2.05) is 0 Å². The van der Waals surface area contributed by atoms with Gasteiger partial charge in [-0.15, -0.1) is 0 Å². The topological polar surface area (TPSA) is 58.6 Å². The summed E-state index contributed by atoms with van der Waals surface area (Å²) in [5.41, 5.74) is -2.74. The van der Waals surface area contributed by atoms with Gasteiger partial charge in [0, 0.05) is 30.4 Å². The van der Waals surface area contributed by atoms with Crippen molar-refractivity contribution in [2.75, 3.05) is 13.1 Å². The molecule has 2 N–H and O–H groups in total. The van der Waals surface area contributed by atoms with Crippen molar-refractivity contribution in [2.45, 2.75) is 49.7 Å². The standard InChI is InChI=1S/C18H21F4NO3/c19-12-1-2-14(15(20)9-12)18(25,11-4-7-23-8-5-11)16(24)26-13-3-6-17(21,22)10-13/h1-2,9,11,13,23,25H,3-8,10H2. The minimum Gasteiger partial charge on any atom is -0.460 e. The minimum absolute atomic E-state index is 0.0209. The summed E-state index contributed by atoms with van der Waals surface area (Å²) in [5.74, 6) is -6.66. The number of benzene rings is 1. The number of rotatable bonds is 4. The highest BCUT2D eigenvalue weighted by molar-refractivity contribution is 5.82. The highest BCUT2D eigenvalue weighted by Crippen LogP contribution is 2.41. The quantitative estimate of drug-likeness (QED) is 0.628. The number of aliphatic hydroxyl groups is 1. The molecule has 1 saturated carbocycles. The highest BCUT2D eigenvalue weighted by atomic mass is 19.3. The zero-order valence-corrected chi connectivity index (χ0v) is 14.1. The third-order valence-corrected chi connectivity index (χ3v) is 5.22. The Bertz CT molecular complexity index is 678. The van der Waals surface area contributed by atoms with E-state index in [2.05, 4.69) is 5.32 Å².